The Morgan fingerprint density at radius 3 is 1.81 bits per heavy atom. The number of allylic oxidation sites excluding steroid dienone is 4. The molecule has 3 aliphatic carbocycles. The highest BCUT2D eigenvalue weighted by atomic mass is 16.1. The topological polar surface area (TPSA) is 44.0 Å². The molecule has 0 N–H and O–H groups in total. The Morgan fingerprint density at radius 1 is 0.723 bits per heavy atom. The van der Waals surface area contributed by atoms with E-state index in [-0.39, 0.29) is 23.1 Å². The molecule has 5 heteroatoms. The number of carbonyl (C=O) groups is 1. The van der Waals surface area contributed by atoms with Crippen LogP contribution in [0.5, 0.6) is 0 Å². The summed E-state index contributed by atoms with van der Waals surface area (Å²) in [6, 6.07) is 28.2. The first-order valence-electron chi connectivity index (χ1n) is 16.7. The third-order valence-corrected chi connectivity index (χ3v) is 11.0. The van der Waals surface area contributed by atoms with Gasteiger partial charge in [0.2, 0.25) is 0 Å². The number of benzene rings is 4. The second-order valence-corrected chi connectivity index (χ2v) is 14.0. The van der Waals surface area contributed by atoms with E-state index in [1.807, 2.05) is 0 Å². The summed E-state index contributed by atoms with van der Waals surface area (Å²) < 4.78 is 3.90. The van der Waals surface area contributed by atoms with Crippen molar-refractivity contribution in [2.45, 2.75) is 51.4 Å². The van der Waals surface area contributed by atoms with Crippen LogP contribution in [0.2, 0.25) is 0 Å². The Kier molecular flexibility index (Phi) is 5.79. The highest BCUT2D eigenvalue weighted by Gasteiger charge is 2.53. The number of carbonyl (C=O) groups excluding carboxylic acids is 1. The molecular weight excluding hydrogens is 575 g/mol. The van der Waals surface area contributed by atoms with Crippen LogP contribution in [0.25, 0.3) is 22.4 Å². The highest BCUT2D eigenvalue weighted by Crippen LogP contribution is 2.56. The molecule has 0 amide bonds. The average Bonchev–Trinajstić information content (AvgIpc) is 3.59. The van der Waals surface area contributed by atoms with Crippen molar-refractivity contribution in [2.24, 2.45) is 0 Å². The van der Waals surface area contributed by atoms with E-state index in [4.69, 9.17) is 0 Å². The van der Waals surface area contributed by atoms with Crippen molar-refractivity contribution < 1.29 is 4.79 Å². The molecule has 0 saturated carbocycles. The zero-order chi connectivity index (χ0) is 32.5. The largest absolute Gasteiger partial charge is 0.401 e. The normalized spacial score (nSPS) is 17.9. The number of aromatic nitrogens is 2. The lowest BCUT2D eigenvalue weighted by atomic mass is 9.46. The first kappa shape index (κ1) is 28.1. The number of fused-ring (bicyclic) bond motifs is 3. The van der Waals surface area contributed by atoms with E-state index in [0.717, 1.165) is 39.1 Å². The molecule has 0 saturated heterocycles. The third-order valence-electron chi connectivity index (χ3n) is 11.0. The Labute approximate surface area is 275 Å². The molecular formula is C42H35BN2O2. The Morgan fingerprint density at radius 2 is 1.28 bits per heavy atom. The number of nitrogens with zero attached hydrogens (tertiary/aromatic N) is 2. The molecule has 0 atom stereocenters. The second kappa shape index (κ2) is 9.68. The average molecular weight is 611 g/mol. The van der Waals surface area contributed by atoms with Crippen LogP contribution in [0.1, 0.15) is 102 Å². The summed E-state index contributed by atoms with van der Waals surface area (Å²) in [5, 5.41) is 0. The van der Waals surface area contributed by atoms with E-state index < -0.39 is 6.85 Å². The fourth-order valence-corrected chi connectivity index (χ4v) is 9.17. The minimum atomic E-state index is -0.764. The van der Waals surface area contributed by atoms with E-state index in [0.29, 0.717) is 17.4 Å². The van der Waals surface area contributed by atoms with E-state index in [2.05, 4.69) is 124 Å². The predicted octanol–water partition coefficient (Wildman–Crippen LogP) is 7.85. The molecule has 0 fully saturated rings. The van der Waals surface area contributed by atoms with Crippen molar-refractivity contribution >= 4 is 23.6 Å². The van der Waals surface area contributed by atoms with Gasteiger partial charge < -0.3 is 4.79 Å². The molecule has 1 aromatic heterocycles. The number of rotatable bonds is 5. The van der Waals surface area contributed by atoms with Gasteiger partial charge >= 0.3 is 6.85 Å². The van der Waals surface area contributed by atoms with Crippen LogP contribution in [0, 0.1) is 0 Å². The summed E-state index contributed by atoms with van der Waals surface area (Å²) in [7, 11) is 0. The van der Waals surface area contributed by atoms with Crippen LogP contribution in [-0.4, -0.2) is 21.8 Å². The lowest BCUT2D eigenvalue weighted by Crippen LogP contribution is -2.51. The van der Waals surface area contributed by atoms with Crippen LogP contribution >= 0.6 is 0 Å². The molecule has 10 rings (SSSR count). The minimum Gasteiger partial charge on any atom is -0.302 e. The second-order valence-electron chi connectivity index (χ2n) is 14.0. The molecule has 47 heavy (non-hydrogen) atoms. The maximum absolute atomic E-state index is 14.9. The molecule has 5 aromatic rings. The molecule has 0 radical (unpaired) electrons. The Balaban J connectivity index is 1.43. The van der Waals surface area contributed by atoms with Gasteiger partial charge in [0.05, 0.1) is 22.9 Å². The third kappa shape index (κ3) is 3.39. The molecule has 0 unspecified atom stereocenters. The van der Waals surface area contributed by atoms with E-state index >= 15 is 0 Å². The summed E-state index contributed by atoms with van der Waals surface area (Å²) in [5.41, 5.74) is 15.3. The molecule has 4 aromatic carbocycles. The predicted molar refractivity (Wildman–Crippen MR) is 192 cm³/mol. The van der Waals surface area contributed by atoms with Crippen LogP contribution in [0.4, 0.5) is 0 Å². The lowest BCUT2D eigenvalue weighted by molar-refractivity contribution is -0.109. The van der Waals surface area contributed by atoms with E-state index in [1.54, 1.807) is 16.7 Å². The van der Waals surface area contributed by atoms with Crippen LogP contribution in [-0.2, 0) is 4.79 Å². The fraction of sp³-hybridized carbons (Fsp3) is 0.190. The van der Waals surface area contributed by atoms with Gasteiger partial charge in [0.1, 0.15) is 0 Å². The Bertz CT molecular complexity index is 2290. The number of hydrogen-bond acceptors (Lipinski definition) is 2. The monoisotopic (exact) mass is 610 g/mol. The summed E-state index contributed by atoms with van der Waals surface area (Å²) in [6.45, 7) is 16.4. The molecule has 3 heterocycles. The molecule has 2 aliphatic heterocycles. The molecule has 4 nitrogen and oxygen atoms in total. The lowest BCUT2D eigenvalue weighted by Gasteiger charge is -2.40. The quantitative estimate of drug-likeness (QED) is 0.186. The summed E-state index contributed by atoms with van der Waals surface area (Å²) in [6.07, 6.45) is 3.42. The molecule has 2 bridgehead atoms. The van der Waals surface area contributed by atoms with Gasteiger partial charge in [0.25, 0.3) is 5.56 Å². The SMILES string of the molecule is C=CC1=C(C=C)c2cc(-c3c(C(C)C)cccc3C(C)C)cc3c2B(C1=O)n1c(=O)c2c(n1-3)C1c3ccccc3C2c2ccccc21. The summed E-state index contributed by atoms with van der Waals surface area (Å²) in [5.74, 6) is 0.313. The highest BCUT2D eigenvalue weighted by molar-refractivity contribution is 7.03. The number of hydrogen-bond donors (Lipinski definition) is 0. The van der Waals surface area contributed by atoms with Crippen molar-refractivity contribution in [3.8, 4) is 16.8 Å². The smallest absolute Gasteiger partial charge is 0.302 e. The summed E-state index contributed by atoms with van der Waals surface area (Å²) >= 11 is 0. The maximum atomic E-state index is 14.9. The van der Waals surface area contributed by atoms with Gasteiger partial charge in [-0.1, -0.05) is 120 Å². The summed E-state index contributed by atoms with van der Waals surface area (Å²) in [4.78, 5) is 29.4. The van der Waals surface area contributed by atoms with Crippen molar-refractivity contribution in [3.63, 3.8) is 0 Å². The zero-order valence-corrected chi connectivity index (χ0v) is 27.2. The first-order chi connectivity index (χ1) is 22.8. The van der Waals surface area contributed by atoms with E-state index in [1.165, 1.54) is 38.9 Å². The minimum absolute atomic E-state index is 0.0861. The van der Waals surface area contributed by atoms with Gasteiger partial charge in [-0.2, -0.15) is 0 Å². The van der Waals surface area contributed by atoms with Crippen LogP contribution < -0.4 is 11.0 Å². The van der Waals surface area contributed by atoms with Crippen molar-refractivity contribution in [1.29, 1.82) is 0 Å². The van der Waals surface area contributed by atoms with Gasteiger partial charge in [-0.3, -0.25) is 14.1 Å². The van der Waals surface area contributed by atoms with Gasteiger partial charge in [0, 0.05) is 11.5 Å². The Hall–Kier alpha value is -5.16. The zero-order valence-electron chi connectivity index (χ0n) is 27.2. The van der Waals surface area contributed by atoms with Crippen molar-refractivity contribution in [3.05, 3.63) is 170 Å². The van der Waals surface area contributed by atoms with Gasteiger partial charge in [-0.05, 0) is 85.1 Å². The van der Waals surface area contributed by atoms with Crippen molar-refractivity contribution in [2.75, 3.05) is 0 Å². The van der Waals surface area contributed by atoms with Gasteiger partial charge in [0.15, 0.2) is 5.68 Å². The molecule has 228 valence electrons. The van der Waals surface area contributed by atoms with Crippen molar-refractivity contribution in [1.82, 2.24) is 9.27 Å². The van der Waals surface area contributed by atoms with Gasteiger partial charge in [-0.25, -0.2) is 0 Å². The van der Waals surface area contributed by atoms with E-state index in [9.17, 15) is 9.59 Å². The maximum Gasteiger partial charge on any atom is 0.401 e. The van der Waals surface area contributed by atoms with Gasteiger partial charge in [-0.15, -0.1) is 0 Å². The van der Waals surface area contributed by atoms with Crippen LogP contribution in [0.15, 0.2) is 115 Å². The fourth-order valence-electron chi connectivity index (χ4n) is 9.17. The van der Waals surface area contributed by atoms with Crippen LogP contribution in [0.3, 0.4) is 0 Å². The standard InChI is InChI=1S/C42H35BN2O2/c1-7-25-26(8-2)41(46)43-39-33(25)20-24(35-27(22(3)4)18-13-19-28(35)23(5)6)21-34(39)44-40-37-31-16-11-9-14-29(31)36(38(40)42(47)45(43)44)30-15-10-12-17-32(30)37/h7-23,36-37H,1-2H2,3-6H3. The first-order valence-corrected chi connectivity index (χ1v) is 16.7. The molecule has 5 aliphatic rings. The molecule has 0 spiro atoms.